The van der Waals surface area contributed by atoms with E-state index in [0.29, 0.717) is 0 Å². The molecule has 1 aliphatic carbocycles. The van der Waals surface area contributed by atoms with Crippen LogP contribution in [0.1, 0.15) is 65.2 Å². The van der Waals surface area contributed by atoms with Crippen molar-refractivity contribution < 1.29 is 0 Å². The molecular weight excluding hydrogens is 206 g/mol. The zero-order chi connectivity index (χ0) is 12.1. The first-order valence-electron chi connectivity index (χ1n) is 8.00. The van der Waals surface area contributed by atoms with Crippen molar-refractivity contribution in [3.05, 3.63) is 0 Å². The van der Waals surface area contributed by atoms with Gasteiger partial charge >= 0.3 is 0 Å². The predicted molar refractivity (Wildman–Crippen MR) is 75.2 cm³/mol. The van der Waals surface area contributed by atoms with E-state index in [9.17, 15) is 0 Å². The number of piperidine rings is 1. The van der Waals surface area contributed by atoms with Gasteiger partial charge in [-0.25, -0.2) is 0 Å². The van der Waals surface area contributed by atoms with Crippen LogP contribution in [0.5, 0.6) is 0 Å². The molecule has 0 N–H and O–H groups in total. The standard InChI is InChI=1S/C16H31N/c1-3-4-15-9-11-17(12-10-15)13-16-7-5-14(2)6-8-16/h14-16H,3-13H2,1-2H3. The van der Waals surface area contributed by atoms with Gasteiger partial charge in [-0.2, -0.15) is 0 Å². The number of likely N-dealkylation sites (tertiary alicyclic amines) is 1. The topological polar surface area (TPSA) is 3.24 Å². The first kappa shape index (κ1) is 13.4. The average molecular weight is 237 g/mol. The normalized spacial score (nSPS) is 32.8. The molecule has 0 aromatic heterocycles. The molecule has 1 nitrogen and oxygen atoms in total. The molecule has 17 heavy (non-hydrogen) atoms. The van der Waals surface area contributed by atoms with Crippen molar-refractivity contribution in [1.82, 2.24) is 4.90 Å². The van der Waals surface area contributed by atoms with E-state index in [1.165, 1.54) is 71.0 Å². The second-order valence-electron chi connectivity index (χ2n) is 6.66. The van der Waals surface area contributed by atoms with Gasteiger partial charge in [-0.1, -0.05) is 39.5 Å². The van der Waals surface area contributed by atoms with Crippen molar-refractivity contribution in [1.29, 1.82) is 0 Å². The quantitative estimate of drug-likeness (QED) is 0.703. The van der Waals surface area contributed by atoms with E-state index >= 15 is 0 Å². The van der Waals surface area contributed by atoms with Crippen LogP contribution in [0.4, 0.5) is 0 Å². The lowest BCUT2D eigenvalue weighted by atomic mass is 9.82. The minimum Gasteiger partial charge on any atom is -0.303 e. The summed E-state index contributed by atoms with van der Waals surface area (Å²) in [4.78, 5) is 2.76. The fourth-order valence-electron chi connectivity index (χ4n) is 3.74. The molecular formula is C16H31N. The van der Waals surface area contributed by atoms with Crippen molar-refractivity contribution in [2.45, 2.75) is 65.2 Å². The summed E-state index contributed by atoms with van der Waals surface area (Å²) in [5, 5.41) is 0. The smallest absolute Gasteiger partial charge is 0.000966 e. The number of hydrogen-bond acceptors (Lipinski definition) is 1. The van der Waals surface area contributed by atoms with E-state index < -0.39 is 0 Å². The van der Waals surface area contributed by atoms with Crippen LogP contribution in [-0.2, 0) is 0 Å². The SMILES string of the molecule is CCCC1CCN(CC2CCC(C)CC2)CC1. The van der Waals surface area contributed by atoms with Gasteiger partial charge in [0.25, 0.3) is 0 Å². The zero-order valence-corrected chi connectivity index (χ0v) is 12.0. The molecule has 0 bridgehead atoms. The third kappa shape index (κ3) is 4.28. The van der Waals surface area contributed by atoms with Crippen LogP contribution >= 0.6 is 0 Å². The van der Waals surface area contributed by atoms with Crippen LogP contribution in [0.2, 0.25) is 0 Å². The summed E-state index contributed by atoms with van der Waals surface area (Å²) >= 11 is 0. The second-order valence-corrected chi connectivity index (χ2v) is 6.66. The third-order valence-corrected chi connectivity index (χ3v) is 5.06. The van der Waals surface area contributed by atoms with E-state index in [1.807, 2.05) is 0 Å². The van der Waals surface area contributed by atoms with E-state index in [1.54, 1.807) is 0 Å². The van der Waals surface area contributed by atoms with Crippen LogP contribution in [-0.4, -0.2) is 24.5 Å². The Morgan fingerprint density at radius 3 is 2.12 bits per heavy atom. The molecule has 0 unspecified atom stereocenters. The van der Waals surface area contributed by atoms with E-state index in [4.69, 9.17) is 0 Å². The number of hydrogen-bond donors (Lipinski definition) is 0. The molecule has 0 aromatic rings. The van der Waals surface area contributed by atoms with Crippen molar-refractivity contribution in [2.24, 2.45) is 17.8 Å². The maximum absolute atomic E-state index is 2.76. The highest BCUT2D eigenvalue weighted by molar-refractivity contribution is 4.77. The maximum atomic E-state index is 2.76. The molecule has 1 saturated carbocycles. The Hall–Kier alpha value is -0.0400. The molecule has 100 valence electrons. The van der Waals surface area contributed by atoms with E-state index in [2.05, 4.69) is 18.7 Å². The number of nitrogens with zero attached hydrogens (tertiary/aromatic N) is 1. The average Bonchev–Trinajstić information content (AvgIpc) is 2.35. The predicted octanol–water partition coefficient (Wildman–Crippen LogP) is 4.32. The van der Waals surface area contributed by atoms with E-state index in [-0.39, 0.29) is 0 Å². The Kier molecular flexibility index (Phi) is 5.34. The van der Waals surface area contributed by atoms with Crippen molar-refractivity contribution >= 4 is 0 Å². The lowest BCUT2D eigenvalue weighted by molar-refractivity contribution is 0.135. The molecule has 0 atom stereocenters. The summed E-state index contributed by atoms with van der Waals surface area (Å²) in [6.07, 6.45) is 11.7. The molecule has 1 saturated heterocycles. The summed E-state index contributed by atoms with van der Waals surface area (Å²) in [6.45, 7) is 8.93. The fraction of sp³-hybridized carbons (Fsp3) is 1.00. The van der Waals surface area contributed by atoms with Gasteiger partial charge in [-0.05, 0) is 56.5 Å². The minimum absolute atomic E-state index is 1.00. The molecule has 0 aromatic carbocycles. The summed E-state index contributed by atoms with van der Waals surface area (Å²) in [5.74, 6) is 3.07. The lowest BCUT2D eigenvalue weighted by Crippen LogP contribution is -2.37. The Bertz CT molecular complexity index is 198. The van der Waals surface area contributed by atoms with Crippen LogP contribution in [0.25, 0.3) is 0 Å². The molecule has 2 fully saturated rings. The number of rotatable bonds is 4. The zero-order valence-electron chi connectivity index (χ0n) is 12.0. The second kappa shape index (κ2) is 6.78. The Morgan fingerprint density at radius 1 is 0.882 bits per heavy atom. The molecule has 1 aliphatic heterocycles. The van der Waals surface area contributed by atoms with Crippen molar-refractivity contribution in [2.75, 3.05) is 19.6 Å². The molecule has 0 spiro atoms. The van der Waals surface area contributed by atoms with Crippen LogP contribution < -0.4 is 0 Å². The van der Waals surface area contributed by atoms with Gasteiger partial charge in [0.1, 0.15) is 0 Å². The van der Waals surface area contributed by atoms with Gasteiger partial charge in [0, 0.05) is 6.54 Å². The van der Waals surface area contributed by atoms with Crippen LogP contribution in [0.3, 0.4) is 0 Å². The van der Waals surface area contributed by atoms with Gasteiger partial charge in [0.05, 0.1) is 0 Å². The van der Waals surface area contributed by atoms with Crippen LogP contribution in [0, 0.1) is 17.8 Å². The molecule has 2 aliphatic rings. The summed E-state index contributed by atoms with van der Waals surface area (Å²) < 4.78 is 0. The van der Waals surface area contributed by atoms with Crippen molar-refractivity contribution in [3.63, 3.8) is 0 Å². The van der Waals surface area contributed by atoms with Gasteiger partial charge in [-0.15, -0.1) is 0 Å². The van der Waals surface area contributed by atoms with Gasteiger partial charge in [-0.3, -0.25) is 0 Å². The van der Waals surface area contributed by atoms with Crippen LogP contribution in [0.15, 0.2) is 0 Å². The summed E-state index contributed by atoms with van der Waals surface area (Å²) in [6, 6.07) is 0. The summed E-state index contributed by atoms with van der Waals surface area (Å²) in [5.41, 5.74) is 0. The first-order valence-corrected chi connectivity index (χ1v) is 8.00. The van der Waals surface area contributed by atoms with E-state index in [0.717, 1.165) is 17.8 Å². The highest BCUT2D eigenvalue weighted by Gasteiger charge is 2.23. The molecule has 1 heteroatoms. The Labute approximate surface area is 108 Å². The Balaban J connectivity index is 1.64. The highest BCUT2D eigenvalue weighted by Crippen LogP contribution is 2.30. The largest absolute Gasteiger partial charge is 0.303 e. The summed E-state index contributed by atoms with van der Waals surface area (Å²) in [7, 11) is 0. The third-order valence-electron chi connectivity index (χ3n) is 5.06. The Morgan fingerprint density at radius 2 is 1.53 bits per heavy atom. The highest BCUT2D eigenvalue weighted by atomic mass is 15.1. The molecule has 0 amide bonds. The minimum atomic E-state index is 1.00. The molecule has 2 rings (SSSR count). The monoisotopic (exact) mass is 237 g/mol. The molecule has 1 heterocycles. The molecule has 0 radical (unpaired) electrons. The maximum Gasteiger partial charge on any atom is 0.000966 e. The van der Waals surface area contributed by atoms with Gasteiger partial charge in [0.2, 0.25) is 0 Å². The lowest BCUT2D eigenvalue weighted by Gasteiger charge is -2.36. The van der Waals surface area contributed by atoms with Crippen molar-refractivity contribution in [3.8, 4) is 0 Å². The van der Waals surface area contributed by atoms with Gasteiger partial charge in [0.15, 0.2) is 0 Å². The first-order chi connectivity index (χ1) is 8.28. The van der Waals surface area contributed by atoms with Gasteiger partial charge < -0.3 is 4.90 Å². The fourth-order valence-corrected chi connectivity index (χ4v) is 3.74.